The second kappa shape index (κ2) is 9.34. The maximum absolute atomic E-state index is 12.9. The van der Waals surface area contributed by atoms with Crippen molar-refractivity contribution in [2.75, 3.05) is 18.5 Å². The van der Waals surface area contributed by atoms with Crippen molar-refractivity contribution in [3.05, 3.63) is 47.0 Å². The van der Waals surface area contributed by atoms with Gasteiger partial charge in [-0.25, -0.2) is 19.7 Å². The van der Waals surface area contributed by atoms with Crippen LogP contribution < -0.4 is 5.32 Å². The smallest absolute Gasteiger partial charge is 0.416 e. The number of rotatable bonds is 9. The highest BCUT2D eigenvalue weighted by Gasteiger charge is 2.30. The van der Waals surface area contributed by atoms with E-state index in [0.29, 0.717) is 35.2 Å². The predicted octanol–water partition coefficient (Wildman–Crippen LogP) is 3.73. The van der Waals surface area contributed by atoms with Crippen LogP contribution in [-0.4, -0.2) is 48.9 Å². The number of fused-ring (bicyclic) bond motifs is 1. The molecule has 0 saturated heterocycles. The first-order chi connectivity index (χ1) is 15.8. The van der Waals surface area contributed by atoms with Gasteiger partial charge in [0.15, 0.2) is 11.5 Å². The van der Waals surface area contributed by atoms with Crippen molar-refractivity contribution in [2.24, 2.45) is 5.92 Å². The van der Waals surface area contributed by atoms with E-state index < -0.39 is 23.5 Å². The van der Waals surface area contributed by atoms with E-state index in [4.69, 9.17) is 0 Å². The molecule has 0 aliphatic heterocycles. The van der Waals surface area contributed by atoms with Gasteiger partial charge in [-0.05, 0) is 30.0 Å². The number of aliphatic hydroxyl groups excluding tert-OH is 1. The average molecular weight is 463 g/mol. The second-order valence-electron chi connectivity index (χ2n) is 8.17. The molecule has 1 aliphatic carbocycles. The Labute approximate surface area is 187 Å². The molecular weight excluding hydrogens is 439 g/mol. The second-order valence-corrected chi connectivity index (χ2v) is 8.17. The van der Waals surface area contributed by atoms with Crippen LogP contribution in [0.4, 0.5) is 19.0 Å². The average Bonchev–Trinajstić information content (AvgIpc) is 3.07. The summed E-state index contributed by atoms with van der Waals surface area (Å²) in [4.78, 5) is 24.1. The Kier molecular flexibility index (Phi) is 6.50. The van der Waals surface area contributed by atoms with Gasteiger partial charge in [0.25, 0.3) is 0 Å². The minimum Gasteiger partial charge on any atom is -0.475 e. The van der Waals surface area contributed by atoms with Crippen LogP contribution in [-0.2, 0) is 19.1 Å². The van der Waals surface area contributed by atoms with Crippen molar-refractivity contribution in [2.45, 2.75) is 44.8 Å². The molecule has 0 bridgehead atoms. The van der Waals surface area contributed by atoms with E-state index in [9.17, 15) is 28.2 Å². The van der Waals surface area contributed by atoms with Gasteiger partial charge < -0.3 is 20.1 Å². The van der Waals surface area contributed by atoms with E-state index in [-0.39, 0.29) is 25.2 Å². The van der Waals surface area contributed by atoms with Crippen molar-refractivity contribution in [3.63, 3.8) is 0 Å². The van der Waals surface area contributed by atoms with Gasteiger partial charge in [-0.15, -0.1) is 0 Å². The molecule has 1 aromatic carbocycles. The fourth-order valence-electron chi connectivity index (χ4n) is 3.92. The summed E-state index contributed by atoms with van der Waals surface area (Å²) >= 11 is 0. The molecule has 11 heteroatoms. The number of aliphatic hydroxyl groups is 1. The first-order valence-electron chi connectivity index (χ1n) is 10.8. The van der Waals surface area contributed by atoms with Crippen LogP contribution in [0.1, 0.15) is 53.3 Å². The number of carbonyl (C=O) groups is 1. The fourth-order valence-corrected chi connectivity index (χ4v) is 3.92. The first kappa shape index (κ1) is 23.0. The van der Waals surface area contributed by atoms with Gasteiger partial charge in [0, 0.05) is 19.5 Å². The minimum atomic E-state index is -4.43. The highest BCUT2D eigenvalue weighted by molar-refractivity contribution is 5.90. The summed E-state index contributed by atoms with van der Waals surface area (Å²) in [6, 6.07) is 4.79. The molecule has 176 valence electrons. The first-order valence-corrected chi connectivity index (χ1v) is 10.8. The van der Waals surface area contributed by atoms with Crippen molar-refractivity contribution in [1.82, 2.24) is 19.5 Å². The normalized spacial score (nSPS) is 14.4. The van der Waals surface area contributed by atoms with Crippen LogP contribution >= 0.6 is 0 Å². The van der Waals surface area contributed by atoms with Crippen LogP contribution in [0.5, 0.6) is 0 Å². The molecule has 3 N–H and O–H groups in total. The molecule has 1 fully saturated rings. The zero-order chi connectivity index (χ0) is 23.6. The monoisotopic (exact) mass is 463 g/mol. The zero-order valence-corrected chi connectivity index (χ0v) is 17.8. The van der Waals surface area contributed by atoms with E-state index in [0.717, 1.165) is 18.6 Å². The molecule has 0 atom stereocenters. The molecule has 4 rings (SSSR count). The standard InChI is InChI=1S/C22H24F3N5O3/c23-22(24,25)15-6-4-14(5-7-15)12-30-16(9-11-31)27-19-17(30)18(28-20(29-19)21(32)33)26-10-8-13-2-1-3-13/h4-7,13,31H,1-3,8-12H2,(H,32,33)(H,26,28,29). The number of halogens is 3. The summed E-state index contributed by atoms with van der Waals surface area (Å²) in [7, 11) is 0. The van der Waals surface area contributed by atoms with E-state index in [1.807, 2.05) is 0 Å². The molecule has 2 aromatic heterocycles. The van der Waals surface area contributed by atoms with Crippen LogP contribution in [0.25, 0.3) is 11.2 Å². The third-order valence-electron chi connectivity index (χ3n) is 5.90. The number of hydrogen-bond donors (Lipinski definition) is 3. The van der Waals surface area contributed by atoms with Crippen molar-refractivity contribution >= 4 is 23.0 Å². The predicted molar refractivity (Wildman–Crippen MR) is 114 cm³/mol. The Morgan fingerprint density at radius 3 is 2.45 bits per heavy atom. The number of hydrogen-bond acceptors (Lipinski definition) is 6. The molecule has 1 saturated carbocycles. The summed E-state index contributed by atoms with van der Waals surface area (Å²) in [5.41, 5.74) is 0.454. The van der Waals surface area contributed by atoms with E-state index in [1.54, 1.807) is 4.57 Å². The molecule has 2 heterocycles. The lowest BCUT2D eigenvalue weighted by Gasteiger charge is -2.25. The van der Waals surface area contributed by atoms with E-state index in [1.165, 1.54) is 31.4 Å². The van der Waals surface area contributed by atoms with E-state index >= 15 is 0 Å². The molecule has 0 radical (unpaired) electrons. The SMILES string of the molecule is O=C(O)c1nc(NCCC2CCC2)c2c(n1)nc(CCO)n2Cc1ccc(C(F)(F)F)cc1. The van der Waals surface area contributed by atoms with Gasteiger partial charge >= 0.3 is 12.1 Å². The summed E-state index contributed by atoms with van der Waals surface area (Å²) in [5, 5.41) is 22.1. The zero-order valence-electron chi connectivity index (χ0n) is 17.8. The maximum atomic E-state index is 12.9. The number of anilines is 1. The Morgan fingerprint density at radius 1 is 1.15 bits per heavy atom. The lowest BCUT2D eigenvalue weighted by atomic mass is 9.83. The largest absolute Gasteiger partial charge is 0.475 e. The number of benzene rings is 1. The maximum Gasteiger partial charge on any atom is 0.416 e. The summed E-state index contributed by atoms with van der Waals surface area (Å²) in [5.74, 6) is -0.314. The number of aromatic nitrogens is 4. The van der Waals surface area contributed by atoms with Gasteiger partial charge in [-0.2, -0.15) is 13.2 Å². The number of imidazole rings is 1. The number of carboxylic acids is 1. The molecule has 3 aromatic rings. The summed E-state index contributed by atoms with van der Waals surface area (Å²) in [6.07, 6.45) is 0.226. The summed E-state index contributed by atoms with van der Waals surface area (Å²) < 4.78 is 40.5. The lowest BCUT2D eigenvalue weighted by molar-refractivity contribution is -0.137. The third kappa shape index (κ3) is 5.08. The Hall–Kier alpha value is -3.21. The van der Waals surface area contributed by atoms with Crippen molar-refractivity contribution in [3.8, 4) is 0 Å². The number of carboxylic acid groups (broad SMARTS) is 1. The van der Waals surface area contributed by atoms with Gasteiger partial charge in [0.05, 0.1) is 12.2 Å². The molecule has 0 spiro atoms. The minimum absolute atomic E-state index is 0.156. The molecule has 0 amide bonds. The van der Waals surface area contributed by atoms with Crippen molar-refractivity contribution in [1.29, 1.82) is 0 Å². The van der Waals surface area contributed by atoms with Crippen molar-refractivity contribution < 1.29 is 28.2 Å². The van der Waals surface area contributed by atoms with Gasteiger partial charge in [-0.3, -0.25) is 0 Å². The fraction of sp³-hybridized carbons (Fsp3) is 0.455. The lowest BCUT2D eigenvalue weighted by Crippen LogP contribution is -2.17. The number of nitrogens with one attached hydrogen (secondary N) is 1. The number of aromatic carboxylic acids is 1. The molecule has 0 unspecified atom stereocenters. The van der Waals surface area contributed by atoms with Crippen LogP contribution in [0.2, 0.25) is 0 Å². The number of nitrogens with zero attached hydrogens (tertiary/aromatic N) is 4. The molecule has 8 nitrogen and oxygen atoms in total. The summed E-state index contributed by atoms with van der Waals surface area (Å²) in [6.45, 7) is 0.549. The Bertz CT molecular complexity index is 1140. The van der Waals surface area contributed by atoms with Crippen LogP contribution in [0, 0.1) is 5.92 Å². The Balaban J connectivity index is 1.72. The number of alkyl halides is 3. The Morgan fingerprint density at radius 2 is 1.88 bits per heavy atom. The van der Waals surface area contributed by atoms with Gasteiger partial charge in [0.2, 0.25) is 5.82 Å². The van der Waals surface area contributed by atoms with Crippen LogP contribution in [0.3, 0.4) is 0 Å². The third-order valence-corrected chi connectivity index (χ3v) is 5.90. The van der Waals surface area contributed by atoms with Crippen LogP contribution in [0.15, 0.2) is 24.3 Å². The van der Waals surface area contributed by atoms with E-state index in [2.05, 4.69) is 20.3 Å². The molecule has 33 heavy (non-hydrogen) atoms. The quantitative estimate of drug-likeness (QED) is 0.443. The highest BCUT2D eigenvalue weighted by atomic mass is 19.4. The van der Waals surface area contributed by atoms with Gasteiger partial charge in [-0.1, -0.05) is 31.4 Å². The molecular formula is C22H24F3N5O3. The molecule has 1 aliphatic rings. The van der Waals surface area contributed by atoms with Gasteiger partial charge in [0.1, 0.15) is 11.3 Å². The highest BCUT2D eigenvalue weighted by Crippen LogP contribution is 2.31. The topological polar surface area (TPSA) is 113 Å².